The van der Waals surface area contributed by atoms with Crippen LogP contribution in [0.4, 0.5) is 0 Å². The summed E-state index contributed by atoms with van der Waals surface area (Å²) in [6.07, 6.45) is 5.66. The molecule has 0 unspecified atom stereocenters. The molecule has 6 heteroatoms. The van der Waals surface area contributed by atoms with E-state index in [2.05, 4.69) is 16.7 Å². The number of ether oxygens (including phenoxy) is 1. The zero-order valence-corrected chi connectivity index (χ0v) is 16.1. The second-order valence-electron chi connectivity index (χ2n) is 6.70. The average Bonchev–Trinajstić information content (AvgIpc) is 3.22. The molecule has 140 valence electrons. The van der Waals surface area contributed by atoms with Gasteiger partial charge in [0.25, 0.3) is 0 Å². The van der Waals surface area contributed by atoms with Crippen LogP contribution in [0.3, 0.4) is 0 Å². The molecule has 0 saturated carbocycles. The van der Waals surface area contributed by atoms with Gasteiger partial charge >= 0.3 is 0 Å². The molecule has 2 aromatic rings. The third-order valence-electron chi connectivity index (χ3n) is 4.95. The Morgan fingerprint density at radius 2 is 1.92 bits per heavy atom. The molecule has 0 amide bonds. The van der Waals surface area contributed by atoms with Gasteiger partial charge in [0.1, 0.15) is 5.75 Å². The molecule has 1 atom stereocenters. The lowest BCUT2D eigenvalue weighted by atomic mass is 10.1. The fourth-order valence-electron chi connectivity index (χ4n) is 3.47. The summed E-state index contributed by atoms with van der Waals surface area (Å²) in [6, 6.07) is 12.3. The van der Waals surface area contributed by atoms with E-state index in [1.54, 1.807) is 18.3 Å². The van der Waals surface area contributed by atoms with Crippen molar-refractivity contribution in [1.29, 1.82) is 0 Å². The summed E-state index contributed by atoms with van der Waals surface area (Å²) >= 11 is 5.46. The van der Waals surface area contributed by atoms with Gasteiger partial charge in [-0.15, -0.1) is 0 Å². The van der Waals surface area contributed by atoms with Crippen LogP contribution in [0.5, 0.6) is 5.75 Å². The minimum atomic E-state index is 0.297. The van der Waals surface area contributed by atoms with Crippen LogP contribution in [-0.2, 0) is 6.54 Å². The molecule has 1 aliphatic rings. The highest BCUT2D eigenvalue weighted by Gasteiger charge is 2.28. The number of furan rings is 1. The Labute approximate surface area is 160 Å². The summed E-state index contributed by atoms with van der Waals surface area (Å²) in [5.41, 5.74) is 1.17. The predicted molar refractivity (Wildman–Crippen MR) is 106 cm³/mol. The second kappa shape index (κ2) is 9.59. The van der Waals surface area contributed by atoms with Crippen molar-refractivity contribution >= 4 is 17.3 Å². The van der Waals surface area contributed by atoms with Crippen molar-refractivity contribution in [2.24, 2.45) is 0 Å². The van der Waals surface area contributed by atoms with Gasteiger partial charge in [0.05, 0.1) is 33.0 Å². The number of likely N-dealkylation sites (tertiary alicyclic amines) is 1. The van der Waals surface area contributed by atoms with Crippen molar-refractivity contribution in [2.75, 3.05) is 26.7 Å². The van der Waals surface area contributed by atoms with E-state index in [-0.39, 0.29) is 0 Å². The number of methoxy groups -OCH3 is 1. The van der Waals surface area contributed by atoms with E-state index in [1.807, 2.05) is 30.3 Å². The molecule has 0 radical (unpaired) electrons. The number of piperidine rings is 1. The maximum atomic E-state index is 5.70. The normalized spacial score (nSPS) is 16.0. The van der Waals surface area contributed by atoms with Crippen LogP contribution in [0.2, 0.25) is 0 Å². The van der Waals surface area contributed by atoms with Crippen molar-refractivity contribution in [3.8, 4) is 5.75 Å². The minimum Gasteiger partial charge on any atom is -0.497 e. The van der Waals surface area contributed by atoms with Crippen LogP contribution in [0.25, 0.3) is 0 Å². The molecule has 26 heavy (non-hydrogen) atoms. The smallest absolute Gasteiger partial charge is 0.166 e. The third-order valence-corrected chi connectivity index (χ3v) is 5.24. The summed E-state index contributed by atoms with van der Waals surface area (Å²) in [6.45, 7) is 3.85. The maximum Gasteiger partial charge on any atom is 0.166 e. The molecule has 5 nitrogen and oxygen atoms in total. The second-order valence-corrected chi connectivity index (χ2v) is 7.11. The molecule has 3 rings (SSSR count). The number of hydrogen-bond donors (Lipinski definition) is 3. The highest BCUT2D eigenvalue weighted by atomic mass is 32.1. The van der Waals surface area contributed by atoms with Gasteiger partial charge in [-0.1, -0.05) is 12.1 Å². The zero-order chi connectivity index (χ0) is 18.2. The predicted octanol–water partition coefficient (Wildman–Crippen LogP) is 2.06. The summed E-state index contributed by atoms with van der Waals surface area (Å²) in [5, 5.41) is 7.33. The molecule has 0 spiro atoms. The van der Waals surface area contributed by atoms with Crippen molar-refractivity contribution in [3.63, 3.8) is 0 Å². The van der Waals surface area contributed by atoms with Crippen molar-refractivity contribution < 1.29 is 14.1 Å². The molecule has 0 aliphatic carbocycles. The van der Waals surface area contributed by atoms with Crippen LogP contribution in [0.15, 0.2) is 47.1 Å². The van der Waals surface area contributed by atoms with Gasteiger partial charge in [0.15, 0.2) is 16.9 Å². The van der Waals surface area contributed by atoms with Gasteiger partial charge in [0, 0.05) is 6.54 Å². The number of hydrogen-bond acceptors (Lipinski definition) is 3. The quantitative estimate of drug-likeness (QED) is 0.648. The van der Waals surface area contributed by atoms with Crippen molar-refractivity contribution in [2.45, 2.75) is 31.8 Å². The summed E-state index contributed by atoms with van der Waals surface area (Å²) in [4.78, 5) is 1.58. The third kappa shape index (κ3) is 5.22. The molecule has 1 aromatic heterocycles. The van der Waals surface area contributed by atoms with Crippen molar-refractivity contribution in [3.05, 3.63) is 54.0 Å². The molecule has 0 bridgehead atoms. The van der Waals surface area contributed by atoms with Crippen molar-refractivity contribution in [1.82, 2.24) is 10.6 Å². The first-order valence-electron chi connectivity index (χ1n) is 9.29. The van der Waals surface area contributed by atoms with Crippen LogP contribution in [0, 0.1) is 0 Å². The Balaban J connectivity index is 1.50. The fourth-order valence-corrected chi connectivity index (χ4v) is 3.63. The lowest BCUT2D eigenvalue weighted by Gasteiger charge is -2.30. The van der Waals surface area contributed by atoms with Crippen LogP contribution in [0.1, 0.15) is 36.6 Å². The topological polar surface area (TPSA) is 50.9 Å². The molecule has 1 saturated heterocycles. The Hall–Kier alpha value is -2.05. The molecular formula is C20H28N3O2S+. The highest BCUT2D eigenvalue weighted by Crippen LogP contribution is 2.12. The summed E-state index contributed by atoms with van der Waals surface area (Å²) in [5.74, 6) is 1.90. The van der Waals surface area contributed by atoms with Crippen LogP contribution >= 0.6 is 12.2 Å². The van der Waals surface area contributed by atoms with E-state index in [4.69, 9.17) is 21.4 Å². The Bertz CT molecular complexity index is 667. The standard InChI is InChI=1S/C20H27N3O2S/c1-24-17-9-7-16(8-10-17)14-21-20(26)22-15-18(19-6-5-13-25-19)23-11-3-2-4-12-23/h5-10,13,18H,2-4,11-12,14-15H2,1H3,(H2,21,22,26)/p+1/t18-/m1/s1. The number of quaternary nitrogens is 1. The summed E-state index contributed by atoms with van der Waals surface area (Å²) < 4.78 is 10.9. The Morgan fingerprint density at radius 1 is 1.15 bits per heavy atom. The Kier molecular flexibility index (Phi) is 6.91. The molecule has 1 aromatic carbocycles. The van der Waals surface area contributed by atoms with Crippen LogP contribution < -0.4 is 20.3 Å². The van der Waals surface area contributed by atoms with E-state index >= 15 is 0 Å². The van der Waals surface area contributed by atoms with Gasteiger partial charge in [0.2, 0.25) is 0 Å². The molecule has 2 heterocycles. The zero-order valence-electron chi connectivity index (χ0n) is 15.3. The van der Waals surface area contributed by atoms with E-state index in [9.17, 15) is 0 Å². The first-order valence-corrected chi connectivity index (χ1v) is 9.69. The van der Waals surface area contributed by atoms with Gasteiger partial charge in [-0.2, -0.15) is 0 Å². The molecule has 1 fully saturated rings. The molecule has 3 N–H and O–H groups in total. The van der Waals surface area contributed by atoms with E-state index in [1.165, 1.54) is 37.9 Å². The largest absolute Gasteiger partial charge is 0.497 e. The van der Waals surface area contributed by atoms with E-state index < -0.39 is 0 Å². The van der Waals surface area contributed by atoms with Gasteiger partial charge in [-0.25, -0.2) is 0 Å². The SMILES string of the molecule is COc1ccc(CNC(=S)NC[C@H](c2ccco2)[NH+]2CCCCC2)cc1. The lowest BCUT2D eigenvalue weighted by Crippen LogP contribution is -3.13. The first kappa shape index (κ1) is 18.7. The lowest BCUT2D eigenvalue weighted by molar-refractivity contribution is -0.936. The summed E-state index contributed by atoms with van der Waals surface area (Å²) in [7, 11) is 1.67. The van der Waals surface area contributed by atoms with Crippen LogP contribution in [-0.4, -0.2) is 31.9 Å². The number of rotatable bonds is 7. The molecular weight excluding hydrogens is 346 g/mol. The first-order chi connectivity index (χ1) is 12.8. The molecule has 1 aliphatic heterocycles. The van der Waals surface area contributed by atoms with Gasteiger partial charge in [-0.3, -0.25) is 0 Å². The fraction of sp³-hybridized carbons (Fsp3) is 0.450. The Morgan fingerprint density at radius 3 is 2.58 bits per heavy atom. The van der Waals surface area contributed by atoms with Gasteiger partial charge in [-0.05, 0) is 61.3 Å². The monoisotopic (exact) mass is 374 g/mol. The minimum absolute atomic E-state index is 0.297. The van der Waals surface area contributed by atoms with E-state index in [0.717, 1.165) is 18.1 Å². The number of nitrogens with one attached hydrogen (secondary N) is 3. The average molecular weight is 375 g/mol. The number of benzene rings is 1. The maximum absolute atomic E-state index is 5.70. The van der Waals surface area contributed by atoms with Gasteiger partial charge < -0.3 is 24.7 Å². The van der Waals surface area contributed by atoms with E-state index in [0.29, 0.717) is 17.7 Å². The number of thiocarbonyl (C=S) groups is 1. The highest BCUT2D eigenvalue weighted by molar-refractivity contribution is 7.80.